The molecular formula is C20H25N3O3. The minimum absolute atomic E-state index is 0.120. The summed E-state index contributed by atoms with van der Waals surface area (Å²) in [5.74, 6) is 2.43. The molecule has 1 unspecified atom stereocenters. The maximum Gasteiger partial charge on any atom is 0.273 e. The molecule has 26 heavy (non-hydrogen) atoms. The molecule has 1 aromatic carbocycles. The van der Waals surface area contributed by atoms with Gasteiger partial charge in [-0.1, -0.05) is 24.2 Å². The van der Waals surface area contributed by atoms with Gasteiger partial charge in [-0.05, 0) is 36.5 Å². The molecule has 2 fully saturated rings. The van der Waals surface area contributed by atoms with E-state index in [1.54, 1.807) is 13.2 Å². The molecule has 0 radical (unpaired) electrons. The number of carbonyl (C=O) groups is 1. The number of hydrogen-bond donors (Lipinski definition) is 1. The van der Waals surface area contributed by atoms with Gasteiger partial charge in [-0.2, -0.15) is 0 Å². The van der Waals surface area contributed by atoms with E-state index < -0.39 is 0 Å². The molecule has 0 bridgehead atoms. The second-order valence-corrected chi connectivity index (χ2v) is 7.49. The Bertz CT molecular complexity index is 784. The van der Waals surface area contributed by atoms with Gasteiger partial charge in [-0.25, -0.2) is 0 Å². The Hall–Kier alpha value is -2.34. The normalized spacial score (nSPS) is 23.2. The number of ether oxygens (including phenoxy) is 1. The second kappa shape index (κ2) is 7.11. The highest BCUT2D eigenvalue weighted by Crippen LogP contribution is 2.40. The molecule has 2 aromatic rings. The maximum absolute atomic E-state index is 12.5. The lowest BCUT2D eigenvalue weighted by Gasteiger charge is -2.17. The third-order valence-corrected chi connectivity index (χ3v) is 5.29. The Morgan fingerprint density at radius 2 is 2.19 bits per heavy atom. The van der Waals surface area contributed by atoms with Gasteiger partial charge in [0.05, 0.1) is 7.11 Å². The fourth-order valence-electron chi connectivity index (χ4n) is 3.61. The lowest BCUT2D eigenvalue weighted by Crippen LogP contribution is -2.39. The fourth-order valence-corrected chi connectivity index (χ4v) is 3.61. The average Bonchev–Trinajstić information content (AvgIpc) is 3.27. The minimum atomic E-state index is -0.138. The number of hydrogen-bond acceptors (Lipinski definition) is 5. The molecule has 138 valence electrons. The van der Waals surface area contributed by atoms with Gasteiger partial charge in [0.1, 0.15) is 11.5 Å². The number of nitrogens with one attached hydrogen (secondary N) is 1. The SMILES string of the molecule is COc1cccc(CN2CC(C)[C@H](NC(=O)c3cc(C4CC4)on3)C2)c1. The van der Waals surface area contributed by atoms with Crippen molar-refractivity contribution in [2.45, 2.75) is 38.3 Å². The summed E-state index contributed by atoms with van der Waals surface area (Å²) in [5.41, 5.74) is 1.61. The van der Waals surface area contributed by atoms with E-state index in [2.05, 4.69) is 34.4 Å². The summed E-state index contributed by atoms with van der Waals surface area (Å²) in [4.78, 5) is 14.8. The number of methoxy groups -OCH3 is 1. The van der Waals surface area contributed by atoms with E-state index in [-0.39, 0.29) is 11.9 Å². The Balaban J connectivity index is 1.34. The topological polar surface area (TPSA) is 67.6 Å². The molecule has 2 aliphatic rings. The lowest BCUT2D eigenvalue weighted by atomic mass is 10.1. The first-order chi connectivity index (χ1) is 12.6. The first-order valence-corrected chi connectivity index (χ1v) is 9.25. The summed E-state index contributed by atoms with van der Waals surface area (Å²) in [6.45, 7) is 4.81. The number of nitrogens with zero attached hydrogens (tertiary/aromatic N) is 2. The van der Waals surface area contributed by atoms with E-state index in [0.29, 0.717) is 17.5 Å². The molecule has 1 aliphatic heterocycles. The molecule has 1 saturated carbocycles. The van der Waals surface area contributed by atoms with Crippen LogP contribution >= 0.6 is 0 Å². The van der Waals surface area contributed by atoms with Crippen molar-refractivity contribution < 1.29 is 14.1 Å². The van der Waals surface area contributed by atoms with Crippen molar-refractivity contribution in [2.75, 3.05) is 20.2 Å². The van der Waals surface area contributed by atoms with E-state index in [0.717, 1.165) is 44.0 Å². The van der Waals surface area contributed by atoms with Crippen LogP contribution in [0.5, 0.6) is 5.75 Å². The Morgan fingerprint density at radius 1 is 1.35 bits per heavy atom. The third-order valence-electron chi connectivity index (χ3n) is 5.29. The smallest absolute Gasteiger partial charge is 0.273 e. The van der Waals surface area contributed by atoms with Crippen molar-refractivity contribution in [3.05, 3.63) is 47.3 Å². The van der Waals surface area contributed by atoms with Crippen LogP contribution in [-0.4, -0.2) is 42.2 Å². The van der Waals surface area contributed by atoms with Crippen molar-refractivity contribution in [3.8, 4) is 5.75 Å². The Labute approximate surface area is 153 Å². The van der Waals surface area contributed by atoms with Gasteiger partial charge in [0.2, 0.25) is 0 Å². The largest absolute Gasteiger partial charge is 0.497 e. The summed E-state index contributed by atoms with van der Waals surface area (Å²) < 4.78 is 10.6. The minimum Gasteiger partial charge on any atom is -0.497 e. The number of carbonyl (C=O) groups excluding carboxylic acids is 1. The fraction of sp³-hybridized carbons (Fsp3) is 0.500. The number of rotatable bonds is 6. The van der Waals surface area contributed by atoms with Crippen molar-refractivity contribution in [3.63, 3.8) is 0 Å². The van der Waals surface area contributed by atoms with Crippen LogP contribution in [0.3, 0.4) is 0 Å². The molecule has 1 amide bonds. The van der Waals surface area contributed by atoms with Gasteiger partial charge in [0.15, 0.2) is 5.69 Å². The summed E-state index contributed by atoms with van der Waals surface area (Å²) in [6.07, 6.45) is 2.27. The van der Waals surface area contributed by atoms with Crippen LogP contribution in [0.15, 0.2) is 34.9 Å². The molecule has 1 N–H and O–H groups in total. The summed E-state index contributed by atoms with van der Waals surface area (Å²) in [6, 6.07) is 10.0. The van der Waals surface area contributed by atoms with Crippen molar-refractivity contribution >= 4 is 5.91 Å². The number of likely N-dealkylation sites (tertiary alicyclic amines) is 1. The monoisotopic (exact) mass is 355 g/mol. The summed E-state index contributed by atoms with van der Waals surface area (Å²) >= 11 is 0. The lowest BCUT2D eigenvalue weighted by molar-refractivity contribution is 0.0922. The van der Waals surface area contributed by atoms with Crippen LogP contribution in [0.1, 0.15) is 47.5 Å². The molecule has 2 atom stereocenters. The molecule has 0 spiro atoms. The Morgan fingerprint density at radius 3 is 2.96 bits per heavy atom. The van der Waals surface area contributed by atoms with Crippen LogP contribution in [0, 0.1) is 5.92 Å². The molecule has 1 aliphatic carbocycles. The van der Waals surface area contributed by atoms with Gasteiger partial charge in [0.25, 0.3) is 5.91 Å². The zero-order valence-corrected chi connectivity index (χ0v) is 15.3. The molecule has 2 heterocycles. The first kappa shape index (κ1) is 17.1. The van der Waals surface area contributed by atoms with Crippen LogP contribution in [0.2, 0.25) is 0 Å². The summed E-state index contributed by atoms with van der Waals surface area (Å²) in [5, 5.41) is 7.06. The highest BCUT2D eigenvalue weighted by molar-refractivity contribution is 5.92. The summed E-state index contributed by atoms with van der Waals surface area (Å²) in [7, 11) is 1.68. The maximum atomic E-state index is 12.5. The van der Waals surface area contributed by atoms with E-state index >= 15 is 0 Å². The van der Waals surface area contributed by atoms with Gasteiger partial charge in [-0.3, -0.25) is 9.69 Å². The average molecular weight is 355 g/mol. The quantitative estimate of drug-likeness (QED) is 0.863. The zero-order valence-electron chi connectivity index (χ0n) is 15.3. The molecule has 6 heteroatoms. The third kappa shape index (κ3) is 3.75. The number of benzene rings is 1. The van der Waals surface area contributed by atoms with E-state index in [4.69, 9.17) is 9.26 Å². The predicted molar refractivity (Wildman–Crippen MR) is 97.2 cm³/mol. The first-order valence-electron chi connectivity index (χ1n) is 9.25. The van der Waals surface area contributed by atoms with E-state index in [9.17, 15) is 4.79 Å². The van der Waals surface area contributed by atoms with Gasteiger partial charge >= 0.3 is 0 Å². The molecule has 4 rings (SSSR count). The van der Waals surface area contributed by atoms with Crippen LogP contribution < -0.4 is 10.1 Å². The van der Waals surface area contributed by atoms with Crippen LogP contribution in [-0.2, 0) is 6.54 Å². The van der Waals surface area contributed by atoms with Crippen molar-refractivity contribution in [2.24, 2.45) is 5.92 Å². The van der Waals surface area contributed by atoms with Crippen molar-refractivity contribution in [1.29, 1.82) is 0 Å². The highest BCUT2D eigenvalue weighted by atomic mass is 16.5. The van der Waals surface area contributed by atoms with Crippen LogP contribution in [0.4, 0.5) is 0 Å². The van der Waals surface area contributed by atoms with Crippen LogP contribution in [0.25, 0.3) is 0 Å². The van der Waals surface area contributed by atoms with Gasteiger partial charge < -0.3 is 14.6 Å². The highest BCUT2D eigenvalue weighted by Gasteiger charge is 2.33. The van der Waals surface area contributed by atoms with Gasteiger partial charge in [0, 0.05) is 37.7 Å². The Kier molecular flexibility index (Phi) is 4.68. The molecular weight excluding hydrogens is 330 g/mol. The second-order valence-electron chi connectivity index (χ2n) is 7.49. The van der Waals surface area contributed by atoms with Gasteiger partial charge in [-0.15, -0.1) is 0 Å². The van der Waals surface area contributed by atoms with E-state index in [1.165, 1.54) is 5.56 Å². The number of amides is 1. The molecule has 6 nitrogen and oxygen atoms in total. The number of aromatic nitrogens is 1. The van der Waals surface area contributed by atoms with Crippen molar-refractivity contribution in [1.82, 2.24) is 15.4 Å². The zero-order chi connectivity index (χ0) is 18.1. The molecule has 1 aromatic heterocycles. The van der Waals surface area contributed by atoms with E-state index in [1.807, 2.05) is 12.1 Å². The predicted octanol–water partition coefficient (Wildman–Crippen LogP) is 2.81. The standard InChI is InChI=1S/C20H25N3O3/c1-13-10-23(11-14-4-3-5-16(8-14)25-2)12-18(13)21-20(24)17-9-19(26-22-17)15-6-7-15/h3-5,8-9,13,15,18H,6-7,10-12H2,1-2H3,(H,21,24)/t13?,18-/m1/s1. The molecule has 1 saturated heterocycles.